The first-order valence-corrected chi connectivity index (χ1v) is 10.5. The Bertz CT molecular complexity index is 1060. The second-order valence-electron chi connectivity index (χ2n) is 8.07. The molecule has 0 aromatic heterocycles. The van der Waals surface area contributed by atoms with E-state index in [1.54, 1.807) is 17.1 Å². The van der Waals surface area contributed by atoms with Gasteiger partial charge in [-0.2, -0.15) is 0 Å². The summed E-state index contributed by atoms with van der Waals surface area (Å²) < 4.78 is 32.9. The first-order valence-electron chi connectivity index (χ1n) is 10.5. The second-order valence-corrected chi connectivity index (χ2v) is 8.07. The number of allylic oxidation sites excluding steroid dienone is 1. The normalized spacial score (nSPS) is 17.9. The van der Waals surface area contributed by atoms with Gasteiger partial charge in [-0.1, -0.05) is 12.1 Å². The minimum absolute atomic E-state index is 0.0484. The fraction of sp³-hybridized carbons (Fsp3) is 0.333. The summed E-state index contributed by atoms with van der Waals surface area (Å²) >= 11 is 0. The third kappa shape index (κ3) is 4.44. The molecule has 1 aliphatic heterocycles. The highest BCUT2D eigenvalue weighted by Gasteiger charge is 2.28. The van der Waals surface area contributed by atoms with Crippen LogP contribution in [0, 0.1) is 11.6 Å². The van der Waals surface area contributed by atoms with Crippen LogP contribution in [0.15, 0.2) is 36.4 Å². The summed E-state index contributed by atoms with van der Waals surface area (Å²) in [6.45, 7) is 3.44. The Morgan fingerprint density at radius 1 is 1.16 bits per heavy atom. The zero-order valence-electron chi connectivity index (χ0n) is 18.0. The van der Waals surface area contributed by atoms with Gasteiger partial charge in [0.2, 0.25) is 5.91 Å². The molecule has 1 fully saturated rings. The maximum absolute atomic E-state index is 14.1. The molecule has 0 bridgehead atoms. The van der Waals surface area contributed by atoms with Crippen LogP contribution in [0.2, 0.25) is 0 Å². The largest absolute Gasteiger partial charge is 0.491 e. The lowest BCUT2D eigenvalue weighted by Gasteiger charge is -2.41. The summed E-state index contributed by atoms with van der Waals surface area (Å²) in [6.07, 6.45) is 3.76. The van der Waals surface area contributed by atoms with Gasteiger partial charge in [0.05, 0.1) is 13.7 Å². The van der Waals surface area contributed by atoms with E-state index in [9.17, 15) is 18.4 Å². The van der Waals surface area contributed by atoms with Crippen molar-refractivity contribution in [1.82, 2.24) is 4.90 Å². The average molecular weight is 441 g/mol. The second kappa shape index (κ2) is 8.98. The van der Waals surface area contributed by atoms with Gasteiger partial charge in [-0.05, 0) is 36.3 Å². The third-order valence-corrected chi connectivity index (χ3v) is 5.90. The fourth-order valence-corrected chi connectivity index (χ4v) is 4.22. The van der Waals surface area contributed by atoms with Gasteiger partial charge in [-0.25, -0.2) is 8.78 Å². The number of hydrogen-bond acceptors (Lipinski definition) is 5. The predicted octanol–water partition coefficient (Wildman–Crippen LogP) is 3.26. The van der Waals surface area contributed by atoms with Gasteiger partial charge in [0.1, 0.15) is 0 Å². The molecule has 2 aromatic carbocycles. The summed E-state index contributed by atoms with van der Waals surface area (Å²) in [4.78, 5) is 27.9. The average Bonchev–Trinajstić information content (AvgIpc) is 2.77. The van der Waals surface area contributed by atoms with E-state index in [0.717, 1.165) is 16.8 Å². The van der Waals surface area contributed by atoms with Gasteiger partial charge in [-0.3, -0.25) is 9.59 Å². The van der Waals surface area contributed by atoms with Gasteiger partial charge in [-0.15, -0.1) is 0 Å². The van der Waals surface area contributed by atoms with Crippen molar-refractivity contribution in [2.24, 2.45) is 0 Å². The lowest BCUT2D eigenvalue weighted by atomic mass is 9.96. The van der Waals surface area contributed by atoms with Crippen molar-refractivity contribution in [3.8, 4) is 5.75 Å². The van der Waals surface area contributed by atoms with E-state index in [1.165, 1.54) is 19.2 Å². The van der Waals surface area contributed by atoms with Crippen LogP contribution in [0.3, 0.4) is 0 Å². The Kier molecular flexibility index (Phi) is 6.12. The Balaban J connectivity index is 1.36. The lowest BCUT2D eigenvalue weighted by molar-refractivity contribution is -0.131. The number of ketones is 1. The number of halogens is 2. The number of ether oxygens (including phenoxy) is 1. The molecule has 2 aliphatic rings. The van der Waals surface area contributed by atoms with Crippen LogP contribution < -0.4 is 15.0 Å². The van der Waals surface area contributed by atoms with Crippen LogP contribution in [-0.4, -0.2) is 55.9 Å². The molecule has 6 nitrogen and oxygen atoms in total. The van der Waals surface area contributed by atoms with Crippen LogP contribution in [0.4, 0.5) is 20.2 Å². The van der Waals surface area contributed by atoms with Gasteiger partial charge in [0.25, 0.3) is 0 Å². The molecule has 1 saturated heterocycles. The van der Waals surface area contributed by atoms with Crippen LogP contribution >= 0.6 is 0 Å². The van der Waals surface area contributed by atoms with E-state index in [1.807, 2.05) is 30.0 Å². The molecule has 0 spiro atoms. The monoisotopic (exact) mass is 441 g/mol. The number of benzene rings is 2. The van der Waals surface area contributed by atoms with Crippen LogP contribution in [0.1, 0.15) is 18.1 Å². The molecule has 0 saturated carbocycles. The first-order chi connectivity index (χ1) is 15.4. The van der Waals surface area contributed by atoms with Crippen molar-refractivity contribution in [2.75, 3.05) is 43.5 Å². The highest BCUT2D eigenvalue weighted by molar-refractivity contribution is 5.98. The summed E-state index contributed by atoms with van der Waals surface area (Å²) in [6, 6.07) is 8.09. The van der Waals surface area contributed by atoms with Crippen LogP contribution in [-0.2, 0) is 16.0 Å². The van der Waals surface area contributed by atoms with Crippen molar-refractivity contribution >= 4 is 29.1 Å². The number of rotatable bonds is 5. The van der Waals surface area contributed by atoms with Gasteiger partial charge < -0.3 is 19.9 Å². The molecule has 2 aromatic rings. The summed E-state index contributed by atoms with van der Waals surface area (Å²) in [5.41, 5.74) is 3.19. The molecular formula is C24H25F2N3O3. The number of carbonyl (C=O) groups is 2. The molecule has 8 heteroatoms. The molecule has 1 N–H and O–H groups in total. The van der Waals surface area contributed by atoms with Crippen molar-refractivity contribution in [1.29, 1.82) is 0 Å². The van der Waals surface area contributed by atoms with Crippen molar-refractivity contribution in [3.63, 3.8) is 0 Å². The first kappa shape index (κ1) is 21.8. The third-order valence-electron chi connectivity index (χ3n) is 5.90. The minimum atomic E-state index is -0.748. The smallest absolute Gasteiger partial charge is 0.242 e. The molecular weight excluding hydrogens is 416 g/mol. The number of amides is 1. The quantitative estimate of drug-likeness (QED) is 0.772. The molecule has 1 amide bonds. The predicted molar refractivity (Wildman–Crippen MR) is 119 cm³/mol. The number of methoxy groups -OCH3 is 1. The van der Waals surface area contributed by atoms with E-state index < -0.39 is 17.4 Å². The lowest BCUT2D eigenvalue weighted by Crippen LogP contribution is -2.55. The standard InChI is InChI=1S/C24H25F2N3O3/c1-15-14-28(19-11-21(25)24(32-2)22(26)12-19)7-8-29(15)23(31)13-27-18-5-3-17-10-20(30)6-4-16(17)9-18/h3-6,9,11-12,15,27H,7-8,10,13-14H2,1-2H3/t15-/m1/s1. The Hall–Kier alpha value is -3.42. The number of piperazine rings is 1. The number of fused-ring (bicyclic) bond motifs is 1. The number of nitrogens with zero attached hydrogens (tertiary/aromatic N) is 2. The zero-order valence-corrected chi connectivity index (χ0v) is 18.0. The zero-order chi connectivity index (χ0) is 22.8. The van der Waals surface area contributed by atoms with Gasteiger partial charge >= 0.3 is 0 Å². The number of anilines is 2. The summed E-state index contributed by atoms with van der Waals surface area (Å²) in [5.74, 6) is -1.86. The molecule has 1 heterocycles. The molecule has 1 aliphatic carbocycles. The highest BCUT2D eigenvalue weighted by Crippen LogP contribution is 2.29. The fourth-order valence-electron chi connectivity index (χ4n) is 4.22. The SMILES string of the molecule is COc1c(F)cc(N2CCN(C(=O)CNc3ccc4c(c3)C=CC(=O)C4)[C@H](C)C2)cc1F. The number of carbonyl (C=O) groups excluding carboxylic acids is 2. The Morgan fingerprint density at radius 3 is 2.59 bits per heavy atom. The maximum atomic E-state index is 14.1. The van der Waals surface area contributed by atoms with E-state index in [2.05, 4.69) is 5.32 Å². The highest BCUT2D eigenvalue weighted by atomic mass is 19.1. The van der Waals surface area contributed by atoms with Crippen LogP contribution in [0.25, 0.3) is 6.08 Å². The van der Waals surface area contributed by atoms with Gasteiger partial charge in [0.15, 0.2) is 23.2 Å². The number of nitrogens with one attached hydrogen (secondary N) is 1. The number of hydrogen-bond donors (Lipinski definition) is 1. The molecule has 4 rings (SSSR count). The van der Waals surface area contributed by atoms with E-state index in [0.29, 0.717) is 31.7 Å². The molecule has 32 heavy (non-hydrogen) atoms. The summed E-state index contributed by atoms with van der Waals surface area (Å²) in [7, 11) is 1.23. The van der Waals surface area contributed by atoms with E-state index in [4.69, 9.17) is 4.74 Å². The van der Waals surface area contributed by atoms with E-state index >= 15 is 0 Å². The molecule has 168 valence electrons. The molecule has 0 unspecified atom stereocenters. The topological polar surface area (TPSA) is 61.9 Å². The Morgan fingerprint density at radius 2 is 1.91 bits per heavy atom. The van der Waals surface area contributed by atoms with Gasteiger partial charge in [0, 0.05) is 55.6 Å². The molecule has 0 radical (unpaired) electrons. The van der Waals surface area contributed by atoms with Crippen molar-refractivity contribution in [3.05, 3.63) is 59.2 Å². The van der Waals surface area contributed by atoms with E-state index in [-0.39, 0.29) is 24.3 Å². The van der Waals surface area contributed by atoms with Crippen LogP contribution in [0.5, 0.6) is 5.75 Å². The molecule has 1 atom stereocenters. The minimum Gasteiger partial charge on any atom is -0.491 e. The van der Waals surface area contributed by atoms with Crippen molar-refractivity contribution in [2.45, 2.75) is 19.4 Å². The van der Waals surface area contributed by atoms with Crippen molar-refractivity contribution < 1.29 is 23.1 Å². The Labute approximate surface area is 185 Å². The maximum Gasteiger partial charge on any atom is 0.242 e. The summed E-state index contributed by atoms with van der Waals surface area (Å²) in [5, 5.41) is 3.16.